The van der Waals surface area contributed by atoms with E-state index in [0.717, 1.165) is 32.5 Å². The van der Waals surface area contributed by atoms with Crippen LogP contribution in [0, 0.1) is 19.8 Å². The highest BCUT2D eigenvalue weighted by atomic mass is 16.5. The van der Waals surface area contributed by atoms with E-state index in [4.69, 9.17) is 10.5 Å². The summed E-state index contributed by atoms with van der Waals surface area (Å²) in [6.45, 7) is 11.2. The van der Waals surface area contributed by atoms with E-state index in [1.807, 2.05) is 11.9 Å². The van der Waals surface area contributed by atoms with Crippen LogP contribution >= 0.6 is 0 Å². The fourth-order valence-electron chi connectivity index (χ4n) is 3.20. The van der Waals surface area contributed by atoms with Crippen LogP contribution in [0.1, 0.15) is 38.1 Å². The molecule has 2 rings (SSSR count). The predicted molar refractivity (Wildman–Crippen MR) is 98.5 cm³/mol. The quantitative estimate of drug-likeness (QED) is 0.840. The number of piperidine rings is 1. The minimum absolute atomic E-state index is 0.0435. The Morgan fingerprint density at radius 1 is 1.28 bits per heavy atom. The molecule has 1 aromatic rings. The van der Waals surface area contributed by atoms with Crippen molar-refractivity contribution in [3.63, 3.8) is 0 Å². The molecule has 0 saturated carbocycles. The molecule has 0 aliphatic carbocycles. The number of hydrogen-bond donors (Lipinski definition) is 1. The van der Waals surface area contributed by atoms with Gasteiger partial charge in [0.15, 0.2) is 6.61 Å². The lowest BCUT2D eigenvalue weighted by Crippen LogP contribution is -2.47. The molecule has 1 saturated heterocycles. The molecule has 0 atom stereocenters. The highest BCUT2D eigenvalue weighted by molar-refractivity contribution is 5.77. The van der Waals surface area contributed by atoms with E-state index >= 15 is 0 Å². The van der Waals surface area contributed by atoms with Crippen LogP contribution in [0.25, 0.3) is 0 Å². The number of nitrogens with two attached hydrogens (primary N) is 1. The van der Waals surface area contributed by atoms with E-state index in [1.54, 1.807) is 13.8 Å². The van der Waals surface area contributed by atoms with Gasteiger partial charge in [0.05, 0.1) is 17.1 Å². The summed E-state index contributed by atoms with van der Waals surface area (Å²) in [4.78, 5) is 25.1. The van der Waals surface area contributed by atoms with Crippen molar-refractivity contribution in [2.45, 2.75) is 46.6 Å². The van der Waals surface area contributed by atoms with Crippen LogP contribution in [0.5, 0.6) is 6.01 Å². The molecule has 0 bridgehead atoms. The van der Waals surface area contributed by atoms with Gasteiger partial charge in [-0.1, -0.05) is 13.8 Å². The Bertz CT molecular complexity index is 574. The molecule has 2 N–H and O–H groups in total. The van der Waals surface area contributed by atoms with Crippen LogP contribution in [-0.2, 0) is 4.79 Å². The molecule has 1 aromatic heterocycles. The molecular weight excluding hydrogens is 318 g/mol. The van der Waals surface area contributed by atoms with Crippen LogP contribution in [0.15, 0.2) is 0 Å². The summed E-state index contributed by atoms with van der Waals surface area (Å²) >= 11 is 0. The zero-order valence-corrected chi connectivity index (χ0v) is 16.1. The number of aryl methyl sites for hydroxylation is 2. The van der Waals surface area contributed by atoms with E-state index in [1.165, 1.54) is 0 Å². The number of nitrogens with zero attached hydrogens (tertiary/aromatic N) is 4. The molecule has 1 fully saturated rings. The van der Waals surface area contributed by atoms with E-state index in [0.29, 0.717) is 23.0 Å². The van der Waals surface area contributed by atoms with Crippen LogP contribution in [0.4, 0.5) is 5.69 Å². The SMILES string of the molecule is Cc1nc(OCC(=O)N(C)C2CCN(CC(C)C)CC2)nc(C)c1N. The lowest BCUT2D eigenvalue weighted by Gasteiger charge is -2.37. The standard InChI is InChI=1S/C18H31N5O2/c1-12(2)10-23-8-6-15(7-9-23)22(5)16(24)11-25-18-20-13(3)17(19)14(4)21-18/h12,15H,6-11,19H2,1-5H3. The number of aromatic nitrogens is 2. The second-order valence-electron chi connectivity index (χ2n) is 7.31. The van der Waals surface area contributed by atoms with Gasteiger partial charge in [-0.25, -0.2) is 0 Å². The van der Waals surface area contributed by atoms with Gasteiger partial charge in [-0.15, -0.1) is 0 Å². The third-order valence-corrected chi connectivity index (χ3v) is 4.75. The molecule has 7 heteroatoms. The molecule has 0 aromatic carbocycles. The molecule has 25 heavy (non-hydrogen) atoms. The second-order valence-corrected chi connectivity index (χ2v) is 7.31. The molecule has 140 valence electrons. The third-order valence-electron chi connectivity index (χ3n) is 4.75. The van der Waals surface area contributed by atoms with Crippen LogP contribution < -0.4 is 10.5 Å². The highest BCUT2D eigenvalue weighted by Crippen LogP contribution is 2.18. The van der Waals surface area contributed by atoms with Gasteiger partial charge in [-0.3, -0.25) is 4.79 Å². The minimum Gasteiger partial charge on any atom is -0.453 e. The molecule has 1 amide bonds. The number of carbonyl (C=O) groups is 1. The second kappa shape index (κ2) is 8.47. The Kier molecular flexibility index (Phi) is 6.58. The molecule has 0 unspecified atom stereocenters. The molecule has 7 nitrogen and oxygen atoms in total. The van der Waals surface area contributed by atoms with E-state index in [-0.39, 0.29) is 24.6 Å². The lowest BCUT2D eigenvalue weighted by atomic mass is 10.0. The monoisotopic (exact) mass is 349 g/mol. The summed E-state index contributed by atoms with van der Waals surface area (Å²) < 4.78 is 5.49. The van der Waals surface area contributed by atoms with Crippen molar-refractivity contribution in [1.29, 1.82) is 0 Å². The average Bonchev–Trinajstić information content (AvgIpc) is 2.57. The van der Waals surface area contributed by atoms with Gasteiger partial charge in [0, 0.05) is 32.7 Å². The molecule has 0 radical (unpaired) electrons. The van der Waals surface area contributed by atoms with Crippen molar-refractivity contribution >= 4 is 11.6 Å². The maximum absolute atomic E-state index is 12.4. The maximum Gasteiger partial charge on any atom is 0.317 e. The number of anilines is 1. The van der Waals surface area contributed by atoms with E-state index < -0.39 is 0 Å². The Morgan fingerprint density at radius 3 is 2.36 bits per heavy atom. The predicted octanol–water partition coefficient (Wildman–Crippen LogP) is 1.63. The topological polar surface area (TPSA) is 84.6 Å². The van der Waals surface area contributed by atoms with Gasteiger partial charge in [0.1, 0.15) is 0 Å². The van der Waals surface area contributed by atoms with Gasteiger partial charge in [-0.2, -0.15) is 9.97 Å². The third kappa shape index (κ3) is 5.29. The first kappa shape index (κ1) is 19.4. The van der Waals surface area contributed by atoms with E-state index in [2.05, 4.69) is 28.7 Å². The number of ether oxygens (including phenoxy) is 1. The summed E-state index contributed by atoms with van der Waals surface area (Å²) in [6, 6.07) is 0.480. The summed E-state index contributed by atoms with van der Waals surface area (Å²) in [5, 5.41) is 0. The molecular formula is C18H31N5O2. The first-order chi connectivity index (χ1) is 11.8. The van der Waals surface area contributed by atoms with Crippen LogP contribution in [-0.4, -0.2) is 65.0 Å². The van der Waals surface area contributed by atoms with Crippen molar-refractivity contribution in [3.05, 3.63) is 11.4 Å². The van der Waals surface area contributed by atoms with Crippen molar-refractivity contribution in [1.82, 2.24) is 19.8 Å². The molecule has 0 spiro atoms. The zero-order chi connectivity index (χ0) is 18.6. The van der Waals surface area contributed by atoms with Crippen LogP contribution in [0.3, 0.4) is 0 Å². The number of carbonyl (C=O) groups excluding carboxylic acids is 1. The Hall–Kier alpha value is -1.89. The lowest BCUT2D eigenvalue weighted by molar-refractivity contribution is -0.135. The smallest absolute Gasteiger partial charge is 0.317 e. The molecule has 2 heterocycles. The highest BCUT2D eigenvalue weighted by Gasteiger charge is 2.26. The fraction of sp³-hybridized carbons (Fsp3) is 0.722. The van der Waals surface area contributed by atoms with Gasteiger partial charge in [0.2, 0.25) is 0 Å². The number of nitrogen functional groups attached to an aromatic ring is 1. The number of rotatable bonds is 6. The summed E-state index contributed by atoms with van der Waals surface area (Å²) in [5.41, 5.74) is 7.73. The Labute approximate surface area is 150 Å². The maximum atomic E-state index is 12.4. The number of likely N-dealkylation sites (tertiary alicyclic amines) is 1. The Morgan fingerprint density at radius 2 is 1.84 bits per heavy atom. The number of likely N-dealkylation sites (N-methyl/N-ethyl adjacent to an activating group) is 1. The number of hydrogen-bond acceptors (Lipinski definition) is 6. The van der Waals surface area contributed by atoms with Crippen molar-refractivity contribution < 1.29 is 9.53 Å². The Balaban J connectivity index is 1.83. The van der Waals surface area contributed by atoms with Crippen LogP contribution in [0.2, 0.25) is 0 Å². The van der Waals surface area contributed by atoms with Gasteiger partial charge >= 0.3 is 6.01 Å². The van der Waals surface area contributed by atoms with Gasteiger partial charge < -0.3 is 20.3 Å². The minimum atomic E-state index is -0.0501. The summed E-state index contributed by atoms with van der Waals surface area (Å²) in [7, 11) is 1.86. The first-order valence-corrected chi connectivity index (χ1v) is 8.99. The molecule has 1 aliphatic heterocycles. The fourth-order valence-corrected chi connectivity index (χ4v) is 3.20. The largest absolute Gasteiger partial charge is 0.453 e. The zero-order valence-electron chi connectivity index (χ0n) is 16.1. The normalized spacial score (nSPS) is 16.2. The summed E-state index contributed by atoms with van der Waals surface area (Å²) in [6.07, 6.45) is 2.01. The average molecular weight is 349 g/mol. The molecule has 1 aliphatic rings. The first-order valence-electron chi connectivity index (χ1n) is 8.99. The van der Waals surface area contributed by atoms with E-state index in [9.17, 15) is 4.79 Å². The van der Waals surface area contributed by atoms with Crippen molar-refractivity contribution in [2.24, 2.45) is 5.92 Å². The van der Waals surface area contributed by atoms with Crippen molar-refractivity contribution in [3.8, 4) is 6.01 Å². The van der Waals surface area contributed by atoms with Gasteiger partial charge in [-0.05, 0) is 32.6 Å². The number of amides is 1. The van der Waals surface area contributed by atoms with Gasteiger partial charge in [0.25, 0.3) is 5.91 Å². The van der Waals surface area contributed by atoms with Crippen molar-refractivity contribution in [2.75, 3.05) is 39.0 Å². The summed E-state index contributed by atoms with van der Waals surface area (Å²) in [5.74, 6) is 0.633.